The summed E-state index contributed by atoms with van der Waals surface area (Å²) >= 11 is 0. The average Bonchev–Trinajstić information content (AvgIpc) is 2.37. The number of aromatic nitrogens is 2. The quantitative estimate of drug-likeness (QED) is 0.751. The Hall–Kier alpha value is -1.39. The van der Waals surface area contributed by atoms with Crippen LogP contribution in [-0.2, 0) is 5.54 Å². The van der Waals surface area contributed by atoms with E-state index in [9.17, 15) is 4.79 Å². The van der Waals surface area contributed by atoms with Gasteiger partial charge in [-0.1, -0.05) is 0 Å². The number of hydrogen-bond donors (Lipinski definition) is 1. The molecule has 0 aliphatic heterocycles. The molecule has 5 nitrogen and oxygen atoms in total. The van der Waals surface area contributed by atoms with Crippen LogP contribution in [0.2, 0.25) is 0 Å². The van der Waals surface area contributed by atoms with E-state index in [2.05, 4.69) is 15.3 Å². The second-order valence-electron chi connectivity index (χ2n) is 6.27. The molecule has 5 heteroatoms. The molecule has 0 atom stereocenters. The lowest BCUT2D eigenvalue weighted by molar-refractivity contribution is 0.344. The second-order valence-corrected chi connectivity index (χ2v) is 6.27. The number of aryl methyl sites for hydroxylation is 1. The fourth-order valence-corrected chi connectivity index (χ4v) is 1.33. The smallest absolute Gasteiger partial charge is 0.295 e. The van der Waals surface area contributed by atoms with Crippen molar-refractivity contribution >= 4 is 5.69 Å². The van der Waals surface area contributed by atoms with E-state index in [1.54, 1.807) is 4.68 Å². The highest BCUT2D eigenvalue weighted by Crippen LogP contribution is 2.19. The van der Waals surface area contributed by atoms with E-state index in [1.165, 1.54) is 0 Å². The molecule has 0 saturated heterocycles. The van der Waals surface area contributed by atoms with Crippen LogP contribution in [0.15, 0.2) is 15.0 Å². The minimum atomic E-state index is -0.280. The van der Waals surface area contributed by atoms with Gasteiger partial charge in [-0.25, -0.2) is 4.68 Å². The maximum absolute atomic E-state index is 12.1. The van der Waals surface area contributed by atoms with Crippen molar-refractivity contribution < 1.29 is 0 Å². The lowest BCUT2D eigenvalue weighted by Gasteiger charge is -2.18. The topological polar surface area (TPSA) is 62.5 Å². The Kier molecular flexibility index (Phi) is 3.32. The van der Waals surface area contributed by atoms with Crippen molar-refractivity contribution in [1.29, 1.82) is 0 Å². The summed E-state index contributed by atoms with van der Waals surface area (Å²) in [6.07, 6.45) is 0. The molecule has 1 aromatic rings. The molecule has 0 unspecified atom stereocenters. The fraction of sp³-hybridized carbons (Fsp3) is 0.750. The van der Waals surface area contributed by atoms with E-state index in [1.807, 2.05) is 48.5 Å². The van der Waals surface area contributed by atoms with Gasteiger partial charge in [0.25, 0.3) is 5.56 Å². The summed E-state index contributed by atoms with van der Waals surface area (Å²) < 4.78 is 1.58. The summed E-state index contributed by atoms with van der Waals surface area (Å²) in [5.41, 5.74) is 0.468. The van der Waals surface area contributed by atoms with Crippen molar-refractivity contribution in [3.8, 4) is 0 Å². The van der Waals surface area contributed by atoms with Crippen LogP contribution < -0.4 is 5.56 Å². The van der Waals surface area contributed by atoms with Gasteiger partial charge in [-0.2, -0.15) is 5.11 Å². The molecule has 96 valence electrons. The van der Waals surface area contributed by atoms with Crippen molar-refractivity contribution in [1.82, 2.24) is 9.78 Å². The monoisotopic (exact) mass is 238 g/mol. The summed E-state index contributed by atoms with van der Waals surface area (Å²) in [6.45, 7) is 13.6. The first-order chi connectivity index (χ1) is 7.52. The van der Waals surface area contributed by atoms with Gasteiger partial charge in [0, 0.05) is 0 Å². The van der Waals surface area contributed by atoms with Gasteiger partial charge in [0.2, 0.25) is 0 Å². The Balaban J connectivity index is 3.25. The van der Waals surface area contributed by atoms with Gasteiger partial charge >= 0.3 is 0 Å². The first-order valence-corrected chi connectivity index (χ1v) is 5.77. The van der Waals surface area contributed by atoms with Crippen molar-refractivity contribution in [2.75, 3.05) is 0 Å². The third-order valence-corrected chi connectivity index (χ3v) is 2.16. The number of hydrogen-bond acceptors (Lipinski definition) is 3. The first kappa shape index (κ1) is 13.7. The Morgan fingerprint density at radius 2 is 1.65 bits per heavy atom. The average molecular weight is 238 g/mol. The van der Waals surface area contributed by atoms with Gasteiger partial charge in [-0.05, 0) is 48.5 Å². The molecule has 1 rings (SSSR count). The summed E-state index contributed by atoms with van der Waals surface area (Å²) in [5, 5.41) is 11.2. The number of nitrogens with one attached hydrogen (secondary N) is 1. The summed E-state index contributed by atoms with van der Waals surface area (Å²) in [6, 6.07) is 0. The molecule has 1 N–H and O–H groups in total. The molecule has 0 aliphatic carbocycles. The minimum Gasteiger partial charge on any atom is -0.297 e. The van der Waals surface area contributed by atoms with E-state index in [-0.39, 0.29) is 16.6 Å². The highest BCUT2D eigenvalue weighted by Gasteiger charge is 2.20. The molecular formula is C12H22N4O. The summed E-state index contributed by atoms with van der Waals surface area (Å²) in [4.78, 5) is 12.1. The predicted molar refractivity (Wildman–Crippen MR) is 69.1 cm³/mol. The van der Waals surface area contributed by atoms with Crippen molar-refractivity contribution in [2.24, 2.45) is 10.2 Å². The van der Waals surface area contributed by atoms with E-state index in [0.29, 0.717) is 5.69 Å². The largest absolute Gasteiger partial charge is 0.297 e. The van der Waals surface area contributed by atoms with Gasteiger partial charge < -0.3 is 0 Å². The third-order valence-electron chi connectivity index (χ3n) is 2.16. The van der Waals surface area contributed by atoms with E-state index >= 15 is 0 Å². The molecule has 0 fully saturated rings. The highest BCUT2D eigenvalue weighted by molar-refractivity contribution is 5.38. The van der Waals surface area contributed by atoms with Crippen LogP contribution >= 0.6 is 0 Å². The maximum atomic E-state index is 12.1. The first-order valence-electron chi connectivity index (χ1n) is 5.77. The van der Waals surface area contributed by atoms with Gasteiger partial charge in [0.05, 0.1) is 16.8 Å². The van der Waals surface area contributed by atoms with Gasteiger partial charge in [0.15, 0.2) is 5.69 Å². The third kappa shape index (κ3) is 3.28. The molecule has 0 radical (unpaired) electrons. The molecular weight excluding hydrogens is 216 g/mol. The zero-order valence-corrected chi connectivity index (χ0v) is 11.7. The van der Waals surface area contributed by atoms with Crippen LogP contribution in [0, 0.1) is 6.92 Å². The number of nitrogens with zero attached hydrogens (tertiary/aromatic N) is 3. The number of aromatic amines is 1. The van der Waals surface area contributed by atoms with Crippen LogP contribution in [0.3, 0.4) is 0 Å². The molecule has 0 aromatic carbocycles. The Morgan fingerprint density at radius 3 is 2.00 bits per heavy atom. The van der Waals surface area contributed by atoms with E-state index < -0.39 is 0 Å². The van der Waals surface area contributed by atoms with Crippen LogP contribution in [0.4, 0.5) is 5.69 Å². The minimum absolute atomic E-state index is 0.122. The van der Waals surface area contributed by atoms with E-state index in [0.717, 1.165) is 5.69 Å². The SMILES string of the molecule is Cc1[nH]n(C(C)(C)C)c(=O)c1N=NC(C)(C)C. The molecule has 0 bridgehead atoms. The van der Waals surface area contributed by atoms with Gasteiger partial charge in [-0.3, -0.25) is 9.89 Å². The molecule has 0 spiro atoms. The predicted octanol–water partition coefficient (Wildman–Crippen LogP) is 3.12. The van der Waals surface area contributed by atoms with Gasteiger partial charge in [-0.15, -0.1) is 5.11 Å². The summed E-state index contributed by atoms with van der Waals surface area (Å²) in [7, 11) is 0. The molecule has 1 aromatic heterocycles. The van der Waals surface area contributed by atoms with Crippen LogP contribution in [-0.4, -0.2) is 15.3 Å². The highest BCUT2D eigenvalue weighted by atomic mass is 16.1. The number of rotatable bonds is 1. The fourth-order valence-electron chi connectivity index (χ4n) is 1.33. The van der Waals surface area contributed by atoms with Gasteiger partial charge in [0.1, 0.15) is 0 Å². The standard InChI is InChI=1S/C12H22N4O/c1-8-9(13-15-11(2,3)4)10(17)16(14-8)12(5,6)7/h14H,1-7H3. The van der Waals surface area contributed by atoms with Crippen LogP contribution in [0.5, 0.6) is 0 Å². The zero-order chi connectivity index (χ0) is 13.4. The summed E-state index contributed by atoms with van der Waals surface area (Å²) in [5.74, 6) is 0. The molecule has 0 amide bonds. The maximum Gasteiger partial charge on any atom is 0.295 e. The zero-order valence-electron chi connectivity index (χ0n) is 11.7. The lowest BCUT2D eigenvalue weighted by atomic mass is 10.1. The molecule has 1 heterocycles. The van der Waals surface area contributed by atoms with E-state index in [4.69, 9.17) is 0 Å². The van der Waals surface area contributed by atoms with Crippen molar-refractivity contribution in [3.63, 3.8) is 0 Å². The van der Waals surface area contributed by atoms with Crippen molar-refractivity contribution in [2.45, 2.75) is 59.5 Å². The molecule has 0 aliphatic rings. The Bertz CT molecular complexity index is 480. The lowest BCUT2D eigenvalue weighted by Crippen LogP contribution is -2.32. The Labute approximate surface area is 102 Å². The van der Waals surface area contributed by atoms with Crippen LogP contribution in [0.25, 0.3) is 0 Å². The van der Waals surface area contributed by atoms with Crippen molar-refractivity contribution in [3.05, 3.63) is 16.0 Å². The number of azo groups is 1. The molecule has 0 saturated carbocycles. The van der Waals surface area contributed by atoms with Crippen LogP contribution in [0.1, 0.15) is 47.2 Å². The molecule has 17 heavy (non-hydrogen) atoms. The normalized spacial score (nSPS) is 13.6. The second kappa shape index (κ2) is 4.13. The Morgan fingerprint density at radius 1 is 1.12 bits per heavy atom. The number of H-pyrrole nitrogens is 1.